The molecule has 3 aromatic rings. The largest absolute Gasteiger partial charge is 0.476 e. The SMILES string of the molecule is Cc1ccc(S(=O)(=O)N2CC(C(=O)NCc3ccc(CN4CCCC4)cc3)Oc3ccc(Cl)cc32)cc1. The quantitative estimate of drug-likeness (QED) is 0.478. The highest BCUT2D eigenvalue weighted by atomic mass is 35.5. The Morgan fingerprint density at radius 3 is 2.38 bits per heavy atom. The van der Waals surface area contributed by atoms with E-state index in [2.05, 4.69) is 22.3 Å². The molecule has 1 N–H and O–H groups in total. The van der Waals surface area contributed by atoms with Gasteiger partial charge in [0, 0.05) is 18.1 Å². The van der Waals surface area contributed by atoms with Crippen molar-refractivity contribution in [2.75, 3.05) is 23.9 Å². The number of nitrogens with one attached hydrogen (secondary N) is 1. The molecule has 2 heterocycles. The number of benzene rings is 3. The second kappa shape index (κ2) is 10.7. The summed E-state index contributed by atoms with van der Waals surface area (Å²) < 4.78 is 34.3. The van der Waals surface area contributed by atoms with Crippen LogP contribution in [0.4, 0.5) is 5.69 Å². The minimum atomic E-state index is -3.95. The van der Waals surface area contributed by atoms with Gasteiger partial charge in [0.1, 0.15) is 5.75 Å². The fraction of sp³-hybridized carbons (Fsp3) is 0.321. The summed E-state index contributed by atoms with van der Waals surface area (Å²) in [6.07, 6.45) is 1.51. The van der Waals surface area contributed by atoms with E-state index >= 15 is 0 Å². The van der Waals surface area contributed by atoms with Gasteiger partial charge >= 0.3 is 0 Å². The van der Waals surface area contributed by atoms with Crippen LogP contribution in [-0.2, 0) is 27.9 Å². The Balaban J connectivity index is 1.30. The Bertz CT molecular complexity index is 1370. The predicted molar refractivity (Wildman–Crippen MR) is 144 cm³/mol. The zero-order valence-corrected chi connectivity index (χ0v) is 22.3. The number of likely N-dealkylation sites (tertiary alicyclic amines) is 1. The first-order chi connectivity index (χ1) is 17.8. The first-order valence-corrected chi connectivity index (χ1v) is 14.2. The maximum absolute atomic E-state index is 13.6. The Kier molecular flexibility index (Phi) is 7.42. The van der Waals surface area contributed by atoms with Gasteiger partial charge in [0.05, 0.1) is 17.1 Å². The summed E-state index contributed by atoms with van der Waals surface area (Å²) in [5.74, 6) is -0.0939. The summed E-state index contributed by atoms with van der Waals surface area (Å²) >= 11 is 6.17. The zero-order chi connectivity index (χ0) is 26.0. The molecular formula is C28H30ClN3O4S. The van der Waals surface area contributed by atoms with Gasteiger partial charge in [-0.25, -0.2) is 8.42 Å². The normalized spacial score (nSPS) is 17.8. The average molecular weight is 540 g/mol. The van der Waals surface area contributed by atoms with Crippen molar-refractivity contribution in [3.63, 3.8) is 0 Å². The number of ether oxygens (including phenoxy) is 1. The van der Waals surface area contributed by atoms with E-state index in [1.807, 2.05) is 19.1 Å². The third-order valence-electron chi connectivity index (χ3n) is 6.79. The van der Waals surface area contributed by atoms with Crippen LogP contribution >= 0.6 is 11.6 Å². The van der Waals surface area contributed by atoms with E-state index in [9.17, 15) is 13.2 Å². The van der Waals surface area contributed by atoms with Gasteiger partial charge in [-0.05, 0) is 74.3 Å². The summed E-state index contributed by atoms with van der Waals surface area (Å²) in [4.78, 5) is 15.7. The van der Waals surface area contributed by atoms with Crippen LogP contribution in [0, 0.1) is 6.92 Å². The molecule has 2 aliphatic heterocycles. The first kappa shape index (κ1) is 25.6. The summed E-state index contributed by atoms with van der Waals surface area (Å²) in [7, 11) is -3.95. The highest BCUT2D eigenvalue weighted by molar-refractivity contribution is 7.92. The van der Waals surface area contributed by atoms with Gasteiger partial charge in [0.2, 0.25) is 0 Å². The number of anilines is 1. The van der Waals surface area contributed by atoms with Gasteiger partial charge in [-0.1, -0.05) is 53.6 Å². The number of fused-ring (bicyclic) bond motifs is 1. The van der Waals surface area contributed by atoms with E-state index in [0.717, 1.165) is 30.8 Å². The molecule has 3 aromatic carbocycles. The van der Waals surface area contributed by atoms with E-state index in [1.165, 1.54) is 22.7 Å². The van der Waals surface area contributed by atoms with Crippen molar-refractivity contribution in [1.82, 2.24) is 10.2 Å². The van der Waals surface area contributed by atoms with E-state index in [-0.39, 0.29) is 23.1 Å². The number of sulfonamides is 1. The lowest BCUT2D eigenvalue weighted by molar-refractivity contribution is -0.127. The molecule has 0 aromatic heterocycles. The van der Waals surface area contributed by atoms with Gasteiger partial charge in [0.25, 0.3) is 15.9 Å². The molecule has 9 heteroatoms. The molecule has 0 aliphatic carbocycles. The van der Waals surface area contributed by atoms with Crippen molar-refractivity contribution < 1.29 is 17.9 Å². The van der Waals surface area contributed by atoms with Gasteiger partial charge < -0.3 is 10.1 Å². The number of amides is 1. The third-order valence-corrected chi connectivity index (χ3v) is 8.82. The lowest BCUT2D eigenvalue weighted by Crippen LogP contribution is -2.50. The minimum absolute atomic E-state index is 0.138. The minimum Gasteiger partial charge on any atom is -0.476 e. The maximum atomic E-state index is 13.6. The van der Waals surface area contributed by atoms with Crippen LogP contribution in [0.2, 0.25) is 5.02 Å². The summed E-state index contributed by atoms with van der Waals surface area (Å²) in [6.45, 7) is 5.28. The van der Waals surface area contributed by atoms with E-state index < -0.39 is 16.1 Å². The molecule has 1 amide bonds. The second-order valence-electron chi connectivity index (χ2n) is 9.59. The maximum Gasteiger partial charge on any atom is 0.264 e. The Morgan fingerprint density at radius 1 is 1.00 bits per heavy atom. The molecule has 0 bridgehead atoms. The van der Waals surface area contributed by atoms with Gasteiger partial charge in [-0.15, -0.1) is 0 Å². The van der Waals surface area contributed by atoms with E-state index in [1.54, 1.807) is 42.5 Å². The molecule has 1 fully saturated rings. The van der Waals surface area contributed by atoms with Crippen LogP contribution in [0.3, 0.4) is 0 Å². The molecule has 0 saturated carbocycles. The van der Waals surface area contributed by atoms with Crippen molar-refractivity contribution in [2.45, 2.75) is 43.9 Å². The number of halogens is 1. The Labute approximate surface area is 223 Å². The van der Waals surface area contributed by atoms with Crippen molar-refractivity contribution in [1.29, 1.82) is 0 Å². The fourth-order valence-electron chi connectivity index (χ4n) is 4.69. The predicted octanol–water partition coefficient (Wildman–Crippen LogP) is 4.52. The number of hydrogen-bond donors (Lipinski definition) is 1. The van der Waals surface area contributed by atoms with E-state index in [4.69, 9.17) is 16.3 Å². The average Bonchev–Trinajstić information content (AvgIpc) is 3.41. The summed E-state index contributed by atoms with van der Waals surface area (Å²) in [6, 6.07) is 19.6. The zero-order valence-electron chi connectivity index (χ0n) is 20.7. The van der Waals surface area contributed by atoms with Gasteiger partial charge in [-0.2, -0.15) is 0 Å². The molecule has 1 saturated heterocycles. The summed E-state index contributed by atoms with van der Waals surface area (Å²) in [5, 5.41) is 3.28. The number of carbonyl (C=O) groups excluding carboxylic acids is 1. The number of rotatable bonds is 7. The molecule has 37 heavy (non-hydrogen) atoms. The van der Waals surface area contributed by atoms with Gasteiger partial charge in [0.15, 0.2) is 6.10 Å². The van der Waals surface area contributed by atoms with Crippen LogP contribution in [0.25, 0.3) is 0 Å². The standard InChI is InChI=1S/C28H30ClN3O4S/c1-20-4-11-24(12-5-20)37(34,35)32-19-27(36-26-13-10-23(29)16-25(26)32)28(33)30-17-21-6-8-22(9-7-21)18-31-14-2-3-15-31/h4-13,16,27H,2-3,14-15,17-19H2,1H3,(H,30,33). The second-order valence-corrected chi connectivity index (χ2v) is 11.9. The molecule has 5 rings (SSSR count). The molecule has 194 valence electrons. The molecule has 0 radical (unpaired) electrons. The van der Waals surface area contributed by atoms with Gasteiger partial charge in [-0.3, -0.25) is 14.0 Å². The van der Waals surface area contributed by atoms with E-state index in [0.29, 0.717) is 17.3 Å². The lowest BCUT2D eigenvalue weighted by atomic mass is 10.1. The van der Waals surface area contributed by atoms with Crippen molar-refractivity contribution in [3.05, 3.63) is 88.4 Å². The number of carbonyl (C=O) groups is 1. The molecular weight excluding hydrogens is 510 g/mol. The molecule has 2 aliphatic rings. The van der Waals surface area contributed by atoms with Crippen LogP contribution in [0.1, 0.15) is 29.5 Å². The number of nitrogens with zero attached hydrogens (tertiary/aromatic N) is 2. The van der Waals surface area contributed by atoms with Crippen LogP contribution in [0.15, 0.2) is 71.6 Å². The highest BCUT2D eigenvalue weighted by Crippen LogP contribution is 2.39. The molecule has 0 spiro atoms. The monoisotopic (exact) mass is 539 g/mol. The molecule has 7 nitrogen and oxygen atoms in total. The van der Waals surface area contributed by atoms with Crippen molar-refractivity contribution in [2.24, 2.45) is 0 Å². The first-order valence-electron chi connectivity index (χ1n) is 12.4. The topological polar surface area (TPSA) is 79.0 Å². The summed E-state index contributed by atoms with van der Waals surface area (Å²) in [5.41, 5.74) is 3.47. The van der Waals surface area contributed by atoms with Crippen LogP contribution in [0.5, 0.6) is 5.75 Å². The lowest BCUT2D eigenvalue weighted by Gasteiger charge is -2.35. The van der Waals surface area contributed by atoms with Crippen molar-refractivity contribution in [3.8, 4) is 5.75 Å². The van der Waals surface area contributed by atoms with Crippen LogP contribution < -0.4 is 14.4 Å². The molecule has 1 unspecified atom stereocenters. The van der Waals surface area contributed by atoms with Crippen molar-refractivity contribution >= 4 is 33.2 Å². The van der Waals surface area contributed by atoms with Crippen LogP contribution in [-0.4, -0.2) is 45.0 Å². The number of aryl methyl sites for hydroxylation is 1. The fourth-order valence-corrected chi connectivity index (χ4v) is 6.32. The number of hydrogen-bond acceptors (Lipinski definition) is 5. The molecule has 1 atom stereocenters. The smallest absolute Gasteiger partial charge is 0.264 e. The third kappa shape index (κ3) is 5.76. The Morgan fingerprint density at radius 2 is 1.68 bits per heavy atom. The Hall–Kier alpha value is -3.07. The highest BCUT2D eigenvalue weighted by Gasteiger charge is 2.37.